The van der Waals surface area contributed by atoms with Crippen LogP contribution in [-0.4, -0.2) is 42.0 Å². The van der Waals surface area contributed by atoms with E-state index in [0.717, 1.165) is 12.4 Å². The number of nitrogens with one attached hydrogen (secondary N) is 2. The van der Waals surface area contributed by atoms with Gasteiger partial charge in [-0.2, -0.15) is 0 Å². The number of amides is 1. The molecule has 1 aromatic heterocycles. The summed E-state index contributed by atoms with van der Waals surface area (Å²) >= 11 is 0. The standard InChI is InChI=1S/C15H13N3O6/c1-23-14(21)8-3-4-9(15(22)24-2)10(5-8)18-13(20)11-6-17-12(19)7-16-11/h3-7H,1-2H3,(H,17,19)(H,18,20). The molecule has 2 rings (SSSR count). The lowest BCUT2D eigenvalue weighted by molar-refractivity contribution is 0.0587. The average molecular weight is 331 g/mol. The molecule has 0 aliphatic heterocycles. The number of H-pyrrole nitrogens is 1. The number of hydrogen-bond acceptors (Lipinski definition) is 7. The molecule has 0 saturated heterocycles. The van der Waals surface area contributed by atoms with Crippen LogP contribution in [0.1, 0.15) is 31.2 Å². The van der Waals surface area contributed by atoms with Gasteiger partial charge in [0.1, 0.15) is 5.69 Å². The first-order valence-electron chi connectivity index (χ1n) is 6.63. The van der Waals surface area contributed by atoms with Gasteiger partial charge in [0.05, 0.1) is 37.2 Å². The van der Waals surface area contributed by atoms with Crippen LogP contribution in [0.2, 0.25) is 0 Å². The van der Waals surface area contributed by atoms with E-state index in [0.29, 0.717) is 0 Å². The minimum atomic E-state index is -0.698. The smallest absolute Gasteiger partial charge is 0.339 e. The van der Waals surface area contributed by atoms with Crippen molar-refractivity contribution in [3.05, 3.63) is 57.8 Å². The maximum Gasteiger partial charge on any atom is 0.339 e. The number of carbonyl (C=O) groups is 3. The molecule has 9 heteroatoms. The molecule has 1 amide bonds. The van der Waals surface area contributed by atoms with Crippen LogP contribution in [0.15, 0.2) is 35.4 Å². The van der Waals surface area contributed by atoms with E-state index in [9.17, 15) is 19.2 Å². The maximum absolute atomic E-state index is 12.2. The number of anilines is 1. The average Bonchev–Trinajstić information content (AvgIpc) is 2.60. The second-order valence-corrected chi connectivity index (χ2v) is 4.49. The van der Waals surface area contributed by atoms with Crippen LogP contribution in [0, 0.1) is 0 Å². The van der Waals surface area contributed by atoms with Gasteiger partial charge in [0, 0.05) is 6.20 Å². The summed E-state index contributed by atoms with van der Waals surface area (Å²) < 4.78 is 9.24. The number of aromatic nitrogens is 2. The molecule has 0 bridgehead atoms. The SMILES string of the molecule is COC(=O)c1ccc(C(=O)OC)c(NC(=O)c2c[nH]c(=O)cn2)c1. The minimum absolute atomic E-state index is 0.0442. The molecule has 9 nitrogen and oxygen atoms in total. The molecule has 0 radical (unpaired) electrons. The van der Waals surface area contributed by atoms with Crippen molar-refractivity contribution in [2.45, 2.75) is 0 Å². The zero-order chi connectivity index (χ0) is 17.7. The van der Waals surface area contributed by atoms with Crippen molar-refractivity contribution in [3.63, 3.8) is 0 Å². The summed E-state index contributed by atoms with van der Waals surface area (Å²) in [6.07, 6.45) is 2.07. The Hall–Kier alpha value is -3.49. The second kappa shape index (κ2) is 7.18. The fourth-order valence-corrected chi connectivity index (χ4v) is 1.83. The van der Waals surface area contributed by atoms with Crippen LogP contribution < -0.4 is 10.9 Å². The van der Waals surface area contributed by atoms with E-state index in [-0.39, 0.29) is 22.5 Å². The third kappa shape index (κ3) is 3.64. The van der Waals surface area contributed by atoms with Crippen molar-refractivity contribution in [3.8, 4) is 0 Å². The molecule has 24 heavy (non-hydrogen) atoms. The van der Waals surface area contributed by atoms with Gasteiger partial charge in [0.15, 0.2) is 0 Å². The van der Waals surface area contributed by atoms with Crippen molar-refractivity contribution in [1.29, 1.82) is 0 Å². The van der Waals surface area contributed by atoms with Gasteiger partial charge >= 0.3 is 11.9 Å². The summed E-state index contributed by atoms with van der Waals surface area (Å²) in [4.78, 5) is 52.5. The number of ether oxygens (including phenoxy) is 2. The largest absolute Gasteiger partial charge is 0.465 e. The Balaban J connectivity index is 2.39. The summed E-state index contributed by atoms with van der Waals surface area (Å²) in [7, 11) is 2.39. The second-order valence-electron chi connectivity index (χ2n) is 4.49. The van der Waals surface area contributed by atoms with E-state index in [2.05, 4.69) is 24.8 Å². The van der Waals surface area contributed by atoms with Gasteiger partial charge in [-0.05, 0) is 18.2 Å². The molecule has 1 heterocycles. The van der Waals surface area contributed by atoms with E-state index < -0.39 is 23.4 Å². The minimum Gasteiger partial charge on any atom is -0.465 e. The lowest BCUT2D eigenvalue weighted by atomic mass is 10.1. The third-order valence-electron chi connectivity index (χ3n) is 3.00. The highest BCUT2D eigenvalue weighted by Gasteiger charge is 2.18. The van der Waals surface area contributed by atoms with Crippen LogP contribution in [0.25, 0.3) is 0 Å². The van der Waals surface area contributed by atoms with Gasteiger partial charge in [0.25, 0.3) is 11.5 Å². The highest BCUT2D eigenvalue weighted by molar-refractivity contribution is 6.08. The lowest BCUT2D eigenvalue weighted by Crippen LogP contribution is -2.19. The molecular weight excluding hydrogens is 318 g/mol. The molecule has 0 aliphatic rings. The first-order chi connectivity index (χ1) is 11.5. The topological polar surface area (TPSA) is 127 Å². The fraction of sp³-hybridized carbons (Fsp3) is 0.133. The van der Waals surface area contributed by atoms with Gasteiger partial charge in [-0.25, -0.2) is 14.6 Å². The Morgan fingerprint density at radius 2 is 1.83 bits per heavy atom. The highest BCUT2D eigenvalue weighted by Crippen LogP contribution is 2.20. The van der Waals surface area contributed by atoms with E-state index in [4.69, 9.17) is 0 Å². The number of carbonyl (C=O) groups excluding carboxylic acids is 3. The van der Waals surface area contributed by atoms with Gasteiger partial charge in [-0.1, -0.05) is 0 Å². The van der Waals surface area contributed by atoms with E-state index in [1.54, 1.807) is 0 Å². The molecule has 0 unspecified atom stereocenters. The van der Waals surface area contributed by atoms with E-state index >= 15 is 0 Å². The molecule has 1 aromatic carbocycles. The number of benzene rings is 1. The Morgan fingerprint density at radius 1 is 1.12 bits per heavy atom. The van der Waals surface area contributed by atoms with Gasteiger partial charge < -0.3 is 19.8 Å². The van der Waals surface area contributed by atoms with Crippen molar-refractivity contribution < 1.29 is 23.9 Å². The number of esters is 2. The maximum atomic E-state index is 12.2. The summed E-state index contributed by atoms with van der Waals surface area (Å²) in [5, 5.41) is 2.45. The normalized spacial score (nSPS) is 9.92. The zero-order valence-corrected chi connectivity index (χ0v) is 12.8. The Kier molecular flexibility index (Phi) is 5.05. The summed E-state index contributed by atoms with van der Waals surface area (Å²) in [5.41, 5.74) is -0.316. The molecule has 0 atom stereocenters. The quantitative estimate of drug-likeness (QED) is 0.785. The molecule has 0 aliphatic carbocycles. The monoisotopic (exact) mass is 331 g/mol. The lowest BCUT2D eigenvalue weighted by Gasteiger charge is -2.11. The van der Waals surface area contributed by atoms with Gasteiger partial charge in [-0.15, -0.1) is 0 Å². The van der Waals surface area contributed by atoms with Crippen LogP contribution in [-0.2, 0) is 9.47 Å². The fourth-order valence-electron chi connectivity index (χ4n) is 1.83. The summed E-state index contributed by atoms with van der Waals surface area (Å²) in [5.74, 6) is -2.02. The molecule has 2 N–H and O–H groups in total. The molecule has 0 spiro atoms. The molecule has 2 aromatic rings. The van der Waals surface area contributed by atoms with E-state index in [1.165, 1.54) is 32.4 Å². The summed E-state index contributed by atoms with van der Waals surface area (Å²) in [6.45, 7) is 0. The van der Waals surface area contributed by atoms with Crippen molar-refractivity contribution in [1.82, 2.24) is 9.97 Å². The van der Waals surface area contributed by atoms with Gasteiger partial charge in [-0.3, -0.25) is 9.59 Å². The Bertz CT molecular complexity index is 838. The number of aromatic amines is 1. The number of nitrogens with zero attached hydrogens (tertiary/aromatic N) is 1. The first kappa shape index (κ1) is 16.9. The predicted molar refractivity (Wildman–Crippen MR) is 81.9 cm³/mol. The predicted octanol–water partition coefficient (Wildman–Crippen LogP) is 0.595. The van der Waals surface area contributed by atoms with Crippen molar-refractivity contribution in [2.24, 2.45) is 0 Å². The highest BCUT2D eigenvalue weighted by atomic mass is 16.5. The number of methoxy groups -OCH3 is 2. The Labute approximate surface area is 135 Å². The van der Waals surface area contributed by atoms with Crippen molar-refractivity contribution in [2.75, 3.05) is 19.5 Å². The Morgan fingerprint density at radius 3 is 2.42 bits per heavy atom. The van der Waals surface area contributed by atoms with E-state index in [1.807, 2.05) is 0 Å². The molecule has 0 saturated carbocycles. The zero-order valence-electron chi connectivity index (χ0n) is 12.8. The van der Waals surface area contributed by atoms with Crippen LogP contribution >= 0.6 is 0 Å². The molecule has 124 valence electrons. The third-order valence-corrected chi connectivity index (χ3v) is 3.00. The summed E-state index contributed by atoms with van der Waals surface area (Å²) in [6, 6.07) is 3.97. The molecular formula is C15H13N3O6. The number of rotatable bonds is 4. The van der Waals surface area contributed by atoms with Crippen molar-refractivity contribution >= 4 is 23.5 Å². The van der Waals surface area contributed by atoms with Crippen LogP contribution in [0.3, 0.4) is 0 Å². The van der Waals surface area contributed by atoms with Gasteiger partial charge in [0.2, 0.25) is 0 Å². The molecule has 0 fully saturated rings. The van der Waals surface area contributed by atoms with Crippen LogP contribution in [0.4, 0.5) is 5.69 Å². The first-order valence-corrected chi connectivity index (χ1v) is 6.63. The number of hydrogen-bond donors (Lipinski definition) is 2. The van der Waals surface area contributed by atoms with Crippen LogP contribution in [0.5, 0.6) is 0 Å².